The molecule has 2 rings (SSSR count). The highest BCUT2D eigenvalue weighted by Crippen LogP contribution is 2.30. The Hall–Kier alpha value is -1.70. The summed E-state index contributed by atoms with van der Waals surface area (Å²) in [6.07, 6.45) is -0.607. The van der Waals surface area contributed by atoms with Crippen LogP contribution in [0.2, 0.25) is 0 Å². The first-order valence-electron chi connectivity index (χ1n) is 8.39. The normalized spacial score (nSPS) is 17.6. The van der Waals surface area contributed by atoms with Crippen LogP contribution in [0.1, 0.15) is 35.9 Å². The van der Waals surface area contributed by atoms with Crippen molar-refractivity contribution in [3.63, 3.8) is 0 Å². The summed E-state index contributed by atoms with van der Waals surface area (Å²) in [4.78, 5) is 7.69. The van der Waals surface area contributed by atoms with Gasteiger partial charge in [-0.2, -0.15) is 0 Å². The lowest BCUT2D eigenvalue weighted by Gasteiger charge is -2.21. The Labute approximate surface area is 106 Å². The van der Waals surface area contributed by atoms with E-state index in [1.54, 1.807) is 0 Å². The molecule has 2 nitrogen and oxygen atoms in total. The molecular formula is C14H16N2. The van der Waals surface area contributed by atoms with E-state index >= 15 is 0 Å². The summed E-state index contributed by atoms with van der Waals surface area (Å²) in [5, 5.41) is 0. The van der Waals surface area contributed by atoms with Crippen LogP contribution in [-0.4, -0.2) is 9.97 Å². The minimum absolute atomic E-state index is 0.0412. The molecule has 0 aliphatic carbocycles. The molecule has 0 radical (unpaired) electrons. The molecule has 0 aliphatic rings. The second-order valence-electron chi connectivity index (χ2n) is 4.41. The SMILES string of the molecule is [2H]c1nc([2H])c(C(C)(C)C)c(-c2c([2H])c([2H])c([2H])c([2H])c2[2H])n1. The van der Waals surface area contributed by atoms with E-state index < -0.39 is 41.9 Å². The zero-order chi connectivity index (χ0) is 17.7. The molecule has 16 heavy (non-hydrogen) atoms. The van der Waals surface area contributed by atoms with Crippen molar-refractivity contribution in [2.24, 2.45) is 0 Å². The fourth-order valence-corrected chi connectivity index (χ4v) is 1.34. The maximum atomic E-state index is 8.06. The van der Waals surface area contributed by atoms with E-state index in [1.165, 1.54) is 0 Å². The summed E-state index contributed by atoms with van der Waals surface area (Å²) in [6.45, 7) is 5.44. The number of aromatic nitrogens is 2. The maximum absolute atomic E-state index is 8.06. The lowest BCUT2D eigenvalue weighted by atomic mass is 9.85. The largest absolute Gasteiger partial charge is 0.244 e. The summed E-state index contributed by atoms with van der Waals surface area (Å²) in [5.74, 6) is 0. The van der Waals surface area contributed by atoms with Crippen LogP contribution in [-0.2, 0) is 5.41 Å². The molecule has 0 aliphatic heterocycles. The summed E-state index contributed by atoms with van der Waals surface area (Å²) < 4.78 is 55.0. The van der Waals surface area contributed by atoms with Gasteiger partial charge < -0.3 is 0 Å². The molecule has 2 heteroatoms. The minimum Gasteiger partial charge on any atom is -0.244 e. The molecule has 0 N–H and O–H groups in total. The molecule has 0 spiro atoms. The number of hydrogen-bond donors (Lipinski definition) is 0. The van der Waals surface area contributed by atoms with E-state index in [4.69, 9.17) is 9.60 Å². The van der Waals surface area contributed by atoms with Gasteiger partial charge in [0.2, 0.25) is 0 Å². The number of rotatable bonds is 1. The van der Waals surface area contributed by atoms with Gasteiger partial charge in [-0.25, -0.2) is 9.97 Å². The van der Waals surface area contributed by atoms with Gasteiger partial charge in [-0.3, -0.25) is 0 Å². The Kier molecular flexibility index (Phi) is 1.29. The van der Waals surface area contributed by atoms with Crippen molar-refractivity contribution in [1.29, 1.82) is 0 Å². The van der Waals surface area contributed by atoms with Crippen LogP contribution in [0.3, 0.4) is 0 Å². The standard InChI is InChI=1S/C14H16N2/c1-14(2,3)12-9-15-10-16-13(12)11-7-5-4-6-8-11/h4-10H,1-3H3/i4D,5D,6D,7D,8D,9D,10D. The Balaban J connectivity index is 3.00. The molecule has 1 heterocycles. The first kappa shape index (κ1) is 5.09. The van der Waals surface area contributed by atoms with Crippen LogP contribution < -0.4 is 0 Å². The molecule has 0 amide bonds. The topological polar surface area (TPSA) is 25.8 Å². The van der Waals surface area contributed by atoms with Gasteiger partial charge >= 0.3 is 0 Å². The summed E-state index contributed by atoms with van der Waals surface area (Å²) in [7, 11) is 0. The van der Waals surface area contributed by atoms with Crippen LogP contribution in [0.5, 0.6) is 0 Å². The zero-order valence-electron chi connectivity index (χ0n) is 16.4. The molecule has 1 aromatic carbocycles. The van der Waals surface area contributed by atoms with E-state index in [0.29, 0.717) is 5.56 Å². The van der Waals surface area contributed by atoms with Crippen LogP contribution in [0.15, 0.2) is 42.7 Å². The van der Waals surface area contributed by atoms with Crippen LogP contribution in [0, 0.1) is 0 Å². The first-order valence-corrected chi connectivity index (χ1v) is 4.89. The van der Waals surface area contributed by atoms with Gasteiger partial charge in [0.15, 0.2) is 0 Å². The quantitative estimate of drug-likeness (QED) is 0.734. The van der Waals surface area contributed by atoms with Gasteiger partial charge in [-0.05, 0) is 5.41 Å². The van der Waals surface area contributed by atoms with E-state index in [1.807, 2.05) is 20.8 Å². The average Bonchev–Trinajstić information content (AvgIpc) is 2.41. The van der Waals surface area contributed by atoms with Crippen molar-refractivity contribution >= 4 is 0 Å². The molecule has 0 atom stereocenters. The number of hydrogen-bond acceptors (Lipinski definition) is 2. The molecule has 0 saturated carbocycles. The number of nitrogens with zero attached hydrogens (tertiary/aromatic N) is 2. The second kappa shape index (κ2) is 4.05. The fraction of sp³-hybridized carbons (Fsp3) is 0.286. The highest BCUT2D eigenvalue weighted by molar-refractivity contribution is 5.63. The first-order chi connectivity index (χ1) is 10.5. The molecule has 0 fully saturated rings. The zero-order valence-corrected chi connectivity index (χ0v) is 9.39. The Morgan fingerprint density at radius 3 is 2.44 bits per heavy atom. The predicted molar refractivity (Wildman–Crippen MR) is 66.2 cm³/mol. The fourth-order valence-electron chi connectivity index (χ4n) is 1.34. The lowest BCUT2D eigenvalue weighted by molar-refractivity contribution is 0.586. The van der Waals surface area contributed by atoms with Gasteiger partial charge in [-0.1, -0.05) is 51.0 Å². The third-order valence-electron chi connectivity index (χ3n) is 2.10. The smallest absolute Gasteiger partial charge is 0.116 e. The van der Waals surface area contributed by atoms with Crippen molar-refractivity contribution in [2.75, 3.05) is 0 Å². The predicted octanol–water partition coefficient (Wildman–Crippen LogP) is 3.44. The van der Waals surface area contributed by atoms with Crippen LogP contribution >= 0.6 is 0 Å². The summed E-state index contributed by atoms with van der Waals surface area (Å²) >= 11 is 0. The van der Waals surface area contributed by atoms with Gasteiger partial charge in [0.1, 0.15) is 7.67 Å². The highest BCUT2D eigenvalue weighted by Gasteiger charge is 2.19. The van der Waals surface area contributed by atoms with Crippen molar-refractivity contribution in [3.8, 4) is 11.3 Å². The van der Waals surface area contributed by atoms with Gasteiger partial charge in [0.05, 0.1) is 13.9 Å². The minimum atomic E-state index is -0.594. The van der Waals surface area contributed by atoms with Gasteiger partial charge in [0.25, 0.3) is 0 Å². The van der Waals surface area contributed by atoms with Crippen LogP contribution in [0.4, 0.5) is 0 Å². The van der Waals surface area contributed by atoms with E-state index in [0.717, 1.165) is 0 Å². The van der Waals surface area contributed by atoms with Crippen molar-refractivity contribution in [3.05, 3.63) is 48.3 Å². The average molecular weight is 219 g/mol. The Morgan fingerprint density at radius 2 is 1.81 bits per heavy atom. The number of benzene rings is 1. The van der Waals surface area contributed by atoms with Crippen molar-refractivity contribution in [1.82, 2.24) is 9.97 Å². The van der Waals surface area contributed by atoms with E-state index in [-0.39, 0.29) is 17.4 Å². The Morgan fingerprint density at radius 1 is 1.12 bits per heavy atom. The monoisotopic (exact) mass is 219 g/mol. The third-order valence-corrected chi connectivity index (χ3v) is 2.10. The molecular weight excluding hydrogens is 196 g/mol. The molecule has 2 aromatic rings. The van der Waals surface area contributed by atoms with Crippen LogP contribution in [0.25, 0.3) is 11.3 Å². The maximum Gasteiger partial charge on any atom is 0.116 e. The van der Waals surface area contributed by atoms with E-state index in [2.05, 4.69) is 9.97 Å². The molecule has 1 aromatic heterocycles. The molecule has 82 valence electrons. The third kappa shape index (κ3) is 2.11. The Bertz CT molecular complexity index is 768. The van der Waals surface area contributed by atoms with Crippen molar-refractivity contribution < 1.29 is 9.60 Å². The second-order valence-corrected chi connectivity index (χ2v) is 4.41. The van der Waals surface area contributed by atoms with Gasteiger partial charge in [-0.15, -0.1) is 0 Å². The molecule has 0 unspecified atom stereocenters. The van der Waals surface area contributed by atoms with Gasteiger partial charge in [0, 0.05) is 17.3 Å². The molecule has 0 bridgehead atoms. The molecule has 0 saturated heterocycles. The summed E-state index contributed by atoms with van der Waals surface area (Å²) in [5.41, 5.74) is -0.319. The van der Waals surface area contributed by atoms with Crippen molar-refractivity contribution in [2.45, 2.75) is 26.2 Å². The highest BCUT2D eigenvalue weighted by atomic mass is 14.8. The van der Waals surface area contributed by atoms with E-state index in [9.17, 15) is 0 Å². The lowest BCUT2D eigenvalue weighted by Crippen LogP contribution is -2.14. The summed E-state index contributed by atoms with van der Waals surface area (Å²) in [6, 6.07) is -2.25.